The number of rotatable bonds is 4. The number of benzene rings is 1. The van der Waals surface area contributed by atoms with Crippen LogP contribution in [0.5, 0.6) is 0 Å². The van der Waals surface area contributed by atoms with Crippen molar-refractivity contribution in [1.29, 1.82) is 0 Å². The molecule has 0 saturated heterocycles. The monoisotopic (exact) mass is 261 g/mol. The molecule has 1 aromatic carbocycles. The van der Waals surface area contributed by atoms with Gasteiger partial charge in [-0.15, -0.1) is 0 Å². The molecule has 2 heteroatoms. The molecule has 0 aromatic heterocycles. The van der Waals surface area contributed by atoms with Gasteiger partial charge in [-0.2, -0.15) is 0 Å². The van der Waals surface area contributed by atoms with E-state index in [0.29, 0.717) is 6.61 Å². The number of hydrogen-bond donors (Lipinski definition) is 1. The Balaban J connectivity index is 2.05. The summed E-state index contributed by atoms with van der Waals surface area (Å²) in [5.41, 5.74) is 2.97. The Bertz CT molecular complexity index is 406. The van der Waals surface area contributed by atoms with Crippen molar-refractivity contribution in [2.45, 2.75) is 45.4 Å². The number of aliphatic hydroxyl groups excluding tert-OH is 1. The van der Waals surface area contributed by atoms with E-state index in [1.54, 1.807) is 0 Å². The third kappa shape index (κ3) is 3.11. The van der Waals surface area contributed by atoms with Crippen LogP contribution in [0.2, 0.25) is 0 Å². The average Bonchev–Trinajstić information content (AvgIpc) is 2.32. The molecule has 0 aliphatic heterocycles. The highest BCUT2D eigenvalue weighted by Crippen LogP contribution is 2.41. The van der Waals surface area contributed by atoms with Crippen LogP contribution in [0.4, 0.5) is 5.69 Å². The summed E-state index contributed by atoms with van der Waals surface area (Å²) in [6.07, 6.45) is 3.58. The van der Waals surface area contributed by atoms with Crippen LogP contribution in [-0.4, -0.2) is 25.3 Å². The highest BCUT2D eigenvalue weighted by Gasteiger charge is 2.37. The molecule has 0 unspecified atom stereocenters. The van der Waals surface area contributed by atoms with Crippen LogP contribution in [0, 0.1) is 5.41 Å². The van der Waals surface area contributed by atoms with Gasteiger partial charge < -0.3 is 10.0 Å². The third-order valence-corrected chi connectivity index (χ3v) is 4.50. The first-order chi connectivity index (χ1) is 8.86. The van der Waals surface area contributed by atoms with Gasteiger partial charge in [0, 0.05) is 24.7 Å². The number of hydrogen-bond acceptors (Lipinski definition) is 2. The number of aliphatic hydroxyl groups is 1. The second-order valence-electron chi connectivity index (χ2n) is 7.16. The van der Waals surface area contributed by atoms with Crippen LogP contribution < -0.4 is 4.90 Å². The summed E-state index contributed by atoms with van der Waals surface area (Å²) in [4.78, 5) is 2.28. The summed E-state index contributed by atoms with van der Waals surface area (Å²) in [5, 5.41) is 9.56. The van der Waals surface area contributed by atoms with Crippen molar-refractivity contribution in [3.8, 4) is 0 Å². The largest absolute Gasteiger partial charge is 0.396 e. The van der Waals surface area contributed by atoms with E-state index in [9.17, 15) is 5.11 Å². The van der Waals surface area contributed by atoms with Gasteiger partial charge >= 0.3 is 0 Å². The first-order valence-electron chi connectivity index (χ1n) is 7.29. The van der Waals surface area contributed by atoms with Crippen molar-refractivity contribution in [1.82, 2.24) is 0 Å². The fraction of sp³-hybridized carbons (Fsp3) is 0.647. The molecule has 0 bridgehead atoms. The van der Waals surface area contributed by atoms with Crippen molar-refractivity contribution in [2.75, 3.05) is 25.1 Å². The lowest BCUT2D eigenvalue weighted by molar-refractivity contribution is 0.0524. The maximum Gasteiger partial charge on any atom is 0.0504 e. The van der Waals surface area contributed by atoms with Crippen molar-refractivity contribution in [3.63, 3.8) is 0 Å². The fourth-order valence-electron chi connectivity index (χ4n) is 2.85. The van der Waals surface area contributed by atoms with Crippen LogP contribution in [0.15, 0.2) is 24.3 Å². The Morgan fingerprint density at radius 2 is 1.74 bits per heavy atom. The molecule has 2 rings (SSSR count). The van der Waals surface area contributed by atoms with Crippen molar-refractivity contribution in [2.24, 2.45) is 5.41 Å². The van der Waals surface area contributed by atoms with Gasteiger partial charge in [-0.05, 0) is 36.0 Å². The standard InChI is InChI=1S/C17H27NO/c1-16(2,3)14-6-8-15(9-7-14)18(4)12-17(13-19)10-5-11-17/h6-9,19H,5,10-13H2,1-4H3. The Kier molecular flexibility index (Phi) is 3.91. The molecular weight excluding hydrogens is 234 g/mol. The van der Waals surface area contributed by atoms with Gasteiger partial charge in [-0.3, -0.25) is 0 Å². The maximum atomic E-state index is 9.56. The zero-order valence-corrected chi connectivity index (χ0v) is 12.7. The maximum absolute atomic E-state index is 9.56. The minimum atomic E-state index is 0.150. The van der Waals surface area contributed by atoms with E-state index in [1.807, 2.05) is 0 Å². The summed E-state index contributed by atoms with van der Waals surface area (Å²) < 4.78 is 0. The van der Waals surface area contributed by atoms with E-state index >= 15 is 0 Å². The molecule has 1 aliphatic rings. The van der Waals surface area contributed by atoms with E-state index in [-0.39, 0.29) is 10.8 Å². The quantitative estimate of drug-likeness (QED) is 0.895. The summed E-state index contributed by atoms with van der Waals surface area (Å²) in [5.74, 6) is 0. The lowest BCUT2D eigenvalue weighted by Crippen LogP contribution is -2.43. The molecule has 2 nitrogen and oxygen atoms in total. The molecule has 0 atom stereocenters. The Hall–Kier alpha value is -1.02. The molecule has 106 valence electrons. The van der Waals surface area contributed by atoms with Crippen molar-refractivity contribution >= 4 is 5.69 Å². The Morgan fingerprint density at radius 1 is 1.16 bits per heavy atom. The molecule has 0 amide bonds. The second kappa shape index (κ2) is 5.16. The van der Waals surface area contributed by atoms with Gasteiger partial charge in [-0.25, -0.2) is 0 Å². The van der Waals surface area contributed by atoms with Crippen LogP contribution in [0.1, 0.15) is 45.6 Å². The summed E-state index contributed by atoms with van der Waals surface area (Å²) >= 11 is 0. The van der Waals surface area contributed by atoms with Crippen LogP contribution >= 0.6 is 0 Å². The van der Waals surface area contributed by atoms with E-state index in [2.05, 4.69) is 57.0 Å². The lowest BCUT2D eigenvalue weighted by Gasteiger charge is -2.43. The first kappa shape index (κ1) is 14.4. The molecular formula is C17H27NO. The predicted octanol–water partition coefficient (Wildman–Crippen LogP) is 3.58. The van der Waals surface area contributed by atoms with E-state index < -0.39 is 0 Å². The summed E-state index contributed by atoms with van der Waals surface area (Å²) in [7, 11) is 2.13. The van der Waals surface area contributed by atoms with Crippen molar-refractivity contribution in [3.05, 3.63) is 29.8 Å². The predicted molar refractivity (Wildman–Crippen MR) is 81.8 cm³/mol. The minimum absolute atomic E-state index is 0.150. The van der Waals surface area contributed by atoms with E-state index in [0.717, 1.165) is 19.4 Å². The van der Waals surface area contributed by atoms with Crippen molar-refractivity contribution < 1.29 is 5.11 Å². The second-order valence-corrected chi connectivity index (χ2v) is 7.16. The highest BCUT2D eigenvalue weighted by molar-refractivity contribution is 5.48. The molecule has 19 heavy (non-hydrogen) atoms. The Morgan fingerprint density at radius 3 is 2.11 bits per heavy atom. The fourth-order valence-corrected chi connectivity index (χ4v) is 2.85. The Labute approximate surface area is 117 Å². The van der Waals surface area contributed by atoms with E-state index in [1.165, 1.54) is 17.7 Å². The zero-order valence-electron chi connectivity index (χ0n) is 12.7. The topological polar surface area (TPSA) is 23.5 Å². The van der Waals surface area contributed by atoms with Crippen LogP contribution in [-0.2, 0) is 5.41 Å². The van der Waals surface area contributed by atoms with Gasteiger partial charge in [-0.1, -0.05) is 39.3 Å². The number of anilines is 1. The van der Waals surface area contributed by atoms with Crippen LogP contribution in [0.25, 0.3) is 0 Å². The summed E-state index contributed by atoms with van der Waals surface area (Å²) in [6, 6.07) is 8.84. The van der Waals surface area contributed by atoms with Gasteiger partial charge in [0.2, 0.25) is 0 Å². The molecule has 1 fully saturated rings. The molecule has 1 saturated carbocycles. The minimum Gasteiger partial charge on any atom is -0.396 e. The average molecular weight is 261 g/mol. The van der Waals surface area contributed by atoms with Gasteiger partial charge in [0.25, 0.3) is 0 Å². The first-order valence-corrected chi connectivity index (χ1v) is 7.29. The van der Waals surface area contributed by atoms with Crippen LogP contribution in [0.3, 0.4) is 0 Å². The highest BCUT2D eigenvalue weighted by atomic mass is 16.3. The summed E-state index contributed by atoms with van der Waals surface area (Å²) in [6.45, 7) is 7.98. The third-order valence-electron chi connectivity index (χ3n) is 4.50. The molecule has 0 radical (unpaired) electrons. The molecule has 1 N–H and O–H groups in total. The van der Waals surface area contributed by atoms with Gasteiger partial charge in [0.05, 0.1) is 6.61 Å². The van der Waals surface area contributed by atoms with Gasteiger partial charge in [0.15, 0.2) is 0 Å². The smallest absolute Gasteiger partial charge is 0.0504 e. The molecule has 1 aromatic rings. The van der Waals surface area contributed by atoms with Gasteiger partial charge in [0.1, 0.15) is 0 Å². The molecule has 0 heterocycles. The number of nitrogens with zero attached hydrogens (tertiary/aromatic N) is 1. The lowest BCUT2D eigenvalue weighted by atomic mass is 9.69. The normalized spacial score (nSPS) is 17.9. The SMILES string of the molecule is CN(CC1(CO)CCC1)c1ccc(C(C)(C)C)cc1. The molecule has 1 aliphatic carbocycles. The van der Waals surface area contributed by atoms with E-state index in [4.69, 9.17) is 0 Å². The molecule has 0 spiro atoms. The zero-order chi connectivity index (χ0) is 14.1.